The van der Waals surface area contributed by atoms with Crippen LogP contribution in [-0.2, 0) is 16.9 Å². The van der Waals surface area contributed by atoms with E-state index in [1.54, 1.807) is 36.0 Å². The lowest BCUT2D eigenvalue weighted by Crippen LogP contribution is -2.24. The quantitative estimate of drug-likeness (QED) is 0.726. The first-order valence-electron chi connectivity index (χ1n) is 9.40. The van der Waals surface area contributed by atoms with Crippen molar-refractivity contribution in [3.63, 3.8) is 0 Å². The zero-order chi connectivity index (χ0) is 20.1. The Morgan fingerprint density at radius 1 is 1.14 bits per heavy atom. The van der Waals surface area contributed by atoms with E-state index >= 15 is 0 Å². The molecule has 0 aliphatic heterocycles. The minimum absolute atomic E-state index is 0.0175. The molecule has 1 aromatic carbocycles. The molecule has 0 amide bonds. The summed E-state index contributed by atoms with van der Waals surface area (Å²) in [5, 5.41) is 3.22. The molecule has 2 aromatic heterocycles. The molecule has 1 N–H and O–H groups in total. The van der Waals surface area contributed by atoms with Crippen molar-refractivity contribution in [1.29, 1.82) is 0 Å². The van der Waals surface area contributed by atoms with Crippen LogP contribution in [0.3, 0.4) is 0 Å². The van der Waals surface area contributed by atoms with Gasteiger partial charge in [0, 0.05) is 31.1 Å². The minimum Gasteiger partial charge on any atom is -0.340 e. The molecule has 0 bridgehead atoms. The Labute approximate surface area is 163 Å². The van der Waals surface area contributed by atoms with Crippen LogP contribution in [0.5, 0.6) is 0 Å². The van der Waals surface area contributed by atoms with Gasteiger partial charge in [0.1, 0.15) is 5.82 Å². The van der Waals surface area contributed by atoms with Crippen LogP contribution in [0.15, 0.2) is 40.2 Å². The summed E-state index contributed by atoms with van der Waals surface area (Å²) in [6, 6.07) is 7.09. The monoisotopic (exact) mass is 400 g/mol. The summed E-state index contributed by atoms with van der Waals surface area (Å²) >= 11 is 0. The summed E-state index contributed by atoms with van der Waals surface area (Å²) in [6.45, 7) is 1.91. The molecule has 1 saturated carbocycles. The number of nitrogens with zero attached hydrogens (tertiary/aromatic N) is 3. The number of benzene rings is 1. The largest absolute Gasteiger partial charge is 0.340 e. The van der Waals surface area contributed by atoms with Crippen LogP contribution in [0.25, 0.3) is 11.0 Å². The van der Waals surface area contributed by atoms with Crippen molar-refractivity contribution < 1.29 is 8.42 Å². The molecule has 148 valence electrons. The number of fused-ring (bicyclic) bond motifs is 1. The molecular formula is C20H24N4O3S. The van der Waals surface area contributed by atoms with E-state index in [4.69, 9.17) is 0 Å². The molecule has 1 aliphatic rings. The van der Waals surface area contributed by atoms with Gasteiger partial charge in [-0.05, 0) is 37.5 Å². The molecule has 28 heavy (non-hydrogen) atoms. The number of pyridine rings is 1. The van der Waals surface area contributed by atoms with Crippen LogP contribution in [0.2, 0.25) is 0 Å². The minimum atomic E-state index is -3.30. The van der Waals surface area contributed by atoms with Gasteiger partial charge in [0.05, 0.1) is 22.1 Å². The molecule has 0 atom stereocenters. The second-order valence-corrected chi connectivity index (χ2v) is 9.60. The van der Waals surface area contributed by atoms with E-state index in [1.165, 1.54) is 6.26 Å². The number of nitrogens with one attached hydrogen (secondary N) is 1. The molecule has 4 rings (SSSR count). The summed E-state index contributed by atoms with van der Waals surface area (Å²) in [7, 11) is -1.53. The van der Waals surface area contributed by atoms with Gasteiger partial charge in [0.2, 0.25) is 0 Å². The summed E-state index contributed by atoms with van der Waals surface area (Å²) in [6.07, 6.45) is 7.19. The zero-order valence-corrected chi connectivity index (χ0v) is 17.1. The molecule has 0 saturated heterocycles. The number of rotatable bonds is 4. The van der Waals surface area contributed by atoms with Gasteiger partial charge < -0.3 is 5.32 Å². The number of hydrogen-bond donors (Lipinski definition) is 1. The van der Waals surface area contributed by atoms with E-state index in [9.17, 15) is 13.2 Å². The van der Waals surface area contributed by atoms with Crippen LogP contribution in [0, 0.1) is 6.92 Å². The van der Waals surface area contributed by atoms with Crippen LogP contribution in [0.4, 0.5) is 11.5 Å². The Morgan fingerprint density at radius 3 is 2.54 bits per heavy atom. The highest BCUT2D eigenvalue weighted by molar-refractivity contribution is 7.90. The van der Waals surface area contributed by atoms with Crippen LogP contribution in [-0.4, -0.2) is 28.8 Å². The molecule has 1 fully saturated rings. The third-order valence-electron chi connectivity index (χ3n) is 5.57. The Hall–Kier alpha value is -2.61. The SMILES string of the molecule is Cc1ccc(S(C)(=O)=O)cc1Nc1cc2c(cn1)n(C)c(=O)n2C1CCCC1. The lowest BCUT2D eigenvalue weighted by atomic mass is 10.2. The summed E-state index contributed by atoms with van der Waals surface area (Å²) < 4.78 is 27.3. The molecule has 3 aromatic rings. The number of hydrogen-bond acceptors (Lipinski definition) is 5. The highest BCUT2D eigenvalue weighted by atomic mass is 32.2. The van der Waals surface area contributed by atoms with Crippen molar-refractivity contribution in [1.82, 2.24) is 14.1 Å². The third kappa shape index (κ3) is 3.22. The van der Waals surface area contributed by atoms with E-state index in [0.29, 0.717) is 11.5 Å². The fourth-order valence-electron chi connectivity index (χ4n) is 3.94. The van der Waals surface area contributed by atoms with E-state index in [0.717, 1.165) is 42.3 Å². The van der Waals surface area contributed by atoms with Crippen molar-refractivity contribution >= 4 is 32.4 Å². The first kappa shape index (κ1) is 18.7. The molecular weight excluding hydrogens is 376 g/mol. The van der Waals surface area contributed by atoms with Crippen LogP contribution >= 0.6 is 0 Å². The summed E-state index contributed by atoms with van der Waals surface area (Å²) in [5.74, 6) is 0.582. The van der Waals surface area contributed by atoms with Crippen molar-refractivity contribution in [2.45, 2.75) is 43.5 Å². The van der Waals surface area contributed by atoms with Crippen molar-refractivity contribution in [2.24, 2.45) is 7.05 Å². The fourth-order valence-corrected chi connectivity index (χ4v) is 4.59. The maximum Gasteiger partial charge on any atom is 0.329 e. The molecule has 0 unspecified atom stereocenters. The topological polar surface area (TPSA) is 86.0 Å². The van der Waals surface area contributed by atoms with Crippen molar-refractivity contribution in [3.8, 4) is 0 Å². The van der Waals surface area contributed by atoms with Gasteiger partial charge >= 0.3 is 5.69 Å². The number of imidazole rings is 1. The predicted molar refractivity (Wildman–Crippen MR) is 110 cm³/mol. The maximum absolute atomic E-state index is 12.8. The molecule has 8 heteroatoms. The average molecular weight is 401 g/mol. The smallest absolute Gasteiger partial charge is 0.329 e. The van der Waals surface area contributed by atoms with Crippen molar-refractivity contribution in [3.05, 3.63) is 46.5 Å². The first-order valence-corrected chi connectivity index (χ1v) is 11.3. The predicted octanol–water partition coefficient (Wildman–Crippen LogP) is 3.31. The van der Waals surface area contributed by atoms with Gasteiger partial charge in [-0.15, -0.1) is 0 Å². The molecule has 2 heterocycles. The highest BCUT2D eigenvalue weighted by Gasteiger charge is 2.23. The van der Waals surface area contributed by atoms with Gasteiger partial charge in [-0.25, -0.2) is 18.2 Å². The number of anilines is 2. The van der Waals surface area contributed by atoms with Crippen LogP contribution in [0.1, 0.15) is 37.3 Å². The Bertz CT molecular complexity index is 1220. The van der Waals surface area contributed by atoms with E-state index in [2.05, 4.69) is 10.3 Å². The Kier molecular flexibility index (Phi) is 4.53. The molecule has 1 aliphatic carbocycles. The number of sulfone groups is 1. The maximum atomic E-state index is 12.8. The Morgan fingerprint density at radius 2 is 1.86 bits per heavy atom. The lowest BCUT2D eigenvalue weighted by Gasteiger charge is -2.13. The fraction of sp³-hybridized carbons (Fsp3) is 0.400. The average Bonchev–Trinajstić information content (AvgIpc) is 3.23. The van der Waals surface area contributed by atoms with E-state index in [1.807, 2.05) is 17.6 Å². The first-order chi connectivity index (χ1) is 13.3. The van der Waals surface area contributed by atoms with E-state index < -0.39 is 9.84 Å². The summed E-state index contributed by atoms with van der Waals surface area (Å²) in [5.41, 5.74) is 3.23. The Balaban J connectivity index is 1.79. The van der Waals surface area contributed by atoms with E-state index in [-0.39, 0.29) is 16.6 Å². The lowest BCUT2D eigenvalue weighted by molar-refractivity contribution is 0.509. The molecule has 0 spiro atoms. The molecule has 0 radical (unpaired) electrons. The van der Waals surface area contributed by atoms with Gasteiger partial charge in [-0.1, -0.05) is 18.9 Å². The normalized spacial score (nSPS) is 15.4. The number of aromatic nitrogens is 3. The van der Waals surface area contributed by atoms with Gasteiger partial charge in [-0.3, -0.25) is 9.13 Å². The molecule has 7 nitrogen and oxygen atoms in total. The second-order valence-electron chi connectivity index (χ2n) is 7.58. The highest BCUT2D eigenvalue weighted by Crippen LogP contribution is 2.32. The van der Waals surface area contributed by atoms with Gasteiger partial charge in [0.25, 0.3) is 0 Å². The van der Waals surface area contributed by atoms with Crippen LogP contribution < -0.4 is 11.0 Å². The third-order valence-corrected chi connectivity index (χ3v) is 6.68. The van der Waals surface area contributed by atoms with Gasteiger partial charge in [0.15, 0.2) is 9.84 Å². The summed E-state index contributed by atoms with van der Waals surface area (Å²) in [4.78, 5) is 17.5. The van der Waals surface area contributed by atoms with Crippen molar-refractivity contribution in [2.75, 3.05) is 11.6 Å². The second kappa shape index (κ2) is 6.77. The zero-order valence-electron chi connectivity index (χ0n) is 16.3. The standard InChI is InChI=1S/C20H24N4O3S/c1-13-8-9-15(28(3,26)27)10-16(13)22-19-11-17-18(12-21-19)23(2)20(25)24(17)14-6-4-5-7-14/h8-12,14H,4-7H2,1-3H3,(H,21,22). The van der Waals surface area contributed by atoms with Gasteiger partial charge in [-0.2, -0.15) is 0 Å². The number of aryl methyl sites for hydroxylation is 2.